The lowest BCUT2D eigenvalue weighted by atomic mass is 10.1. The monoisotopic (exact) mass is 375 g/mol. The predicted molar refractivity (Wildman–Crippen MR) is 94.2 cm³/mol. The van der Waals surface area contributed by atoms with Gasteiger partial charge in [-0.3, -0.25) is 9.59 Å². The normalized spacial score (nSPS) is 10.3. The molecule has 2 aromatic carbocycles. The zero-order valence-electron chi connectivity index (χ0n) is 13.3. The van der Waals surface area contributed by atoms with Crippen molar-refractivity contribution in [2.24, 2.45) is 0 Å². The van der Waals surface area contributed by atoms with E-state index >= 15 is 0 Å². The van der Waals surface area contributed by atoms with Crippen LogP contribution in [-0.4, -0.2) is 18.3 Å². The van der Waals surface area contributed by atoms with Gasteiger partial charge in [0.15, 0.2) is 12.4 Å². The van der Waals surface area contributed by atoms with Crippen LogP contribution < -0.4 is 10.1 Å². The van der Waals surface area contributed by atoms with Gasteiger partial charge in [0, 0.05) is 15.7 Å². The number of hydrogen-bond donors (Lipinski definition) is 1. The third kappa shape index (κ3) is 4.66. The minimum Gasteiger partial charge on any atom is -0.483 e. The number of carbonyl (C=O) groups is 2. The number of aryl methyl sites for hydroxylation is 2. The number of nitrogens with one attached hydrogen (secondary N) is 1. The van der Waals surface area contributed by atoms with Crippen LogP contribution in [0.1, 0.15) is 28.4 Å². The number of ether oxygens (including phenoxy) is 1. The van der Waals surface area contributed by atoms with E-state index in [2.05, 4.69) is 21.2 Å². The summed E-state index contributed by atoms with van der Waals surface area (Å²) >= 11 is 3.43. The highest BCUT2D eigenvalue weighted by Gasteiger charge is 2.09. The molecule has 0 bridgehead atoms. The molecule has 0 aliphatic heterocycles. The summed E-state index contributed by atoms with van der Waals surface area (Å²) in [5.74, 6) is 0.463. The molecule has 2 rings (SSSR count). The Kier molecular flexibility index (Phi) is 5.55. The predicted octanol–water partition coefficient (Wildman–Crippen LogP) is 4.29. The van der Waals surface area contributed by atoms with E-state index in [0.717, 1.165) is 21.3 Å². The van der Waals surface area contributed by atoms with Crippen LogP contribution in [0.3, 0.4) is 0 Å². The van der Waals surface area contributed by atoms with E-state index in [0.29, 0.717) is 11.3 Å². The Balaban J connectivity index is 1.96. The number of Topliss-reactive ketones (excluding diaryl/α,β-unsaturated/α-hetero) is 1. The van der Waals surface area contributed by atoms with Crippen LogP contribution in [0.25, 0.3) is 0 Å². The van der Waals surface area contributed by atoms with Crippen LogP contribution in [0.4, 0.5) is 5.69 Å². The third-order valence-electron chi connectivity index (χ3n) is 3.35. The van der Waals surface area contributed by atoms with Gasteiger partial charge >= 0.3 is 0 Å². The van der Waals surface area contributed by atoms with Crippen LogP contribution in [-0.2, 0) is 4.79 Å². The molecule has 0 heterocycles. The Bertz CT molecular complexity index is 715. The number of hydrogen-bond acceptors (Lipinski definition) is 3. The van der Waals surface area contributed by atoms with E-state index in [9.17, 15) is 9.59 Å². The number of benzene rings is 2. The highest BCUT2D eigenvalue weighted by atomic mass is 79.9. The van der Waals surface area contributed by atoms with Crippen molar-refractivity contribution in [1.82, 2.24) is 0 Å². The molecule has 0 unspecified atom stereocenters. The fourth-order valence-corrected chi connectivity index (χ4v) is 2.93. The zero-order valence-corrected chi connectivity index (χ0v) is 14.9. The third-order valence-corrected chi connectivity index (χ3v) is 3.81. The van der Waals surface area contributed by atoms with E-state index in [1.807, 2.05) is 26.0 Å². The molecule has 0 fully saturated rings. The topological polar surface area (TPSA) is 55.4 Å². The summed E-state index contributed by atoms with van der Waals surface area (Å²) in [7, 11) is 0. The smallest absolute Gasteiger partial charge is 0.262 e. The Morgan fingerprint density at radius 2 is 1.65 bits per heavy atom. The van der Waals surface area contributed by atoms with Gasteiger partial charge in [0.2, 0.25) is 0 Å². The molecule has 0 spiro atoms. The molecule has 0 aliphatic carbocycles. The molecular formula is C18H18BrNO3. The first kappa shape index (κ1) is 17.2. The van der Waals surface area contributed by atoms with Crippen molar-refractivity contribution in [2.45, 2.75) is 20.8 Å². The molecule has 120 valence electrons. The summed E-state index contributed by atoms with van der Waals surface area (Å²) in [5.41, 5.74) is 3.18. The lowest BCUT2D eigenvalue weighted by Crippen LogP contribution is -2.20. The molecule has 0 atom stereocenters. The first-order valence-corrected chi connectivity index (χ1v) is 7.96. The average Bonchev–Trinajstić information content (AvgIpc) is 2.46. The molecule has 5 heteroatoms. The molecule has 1 N–H and O–H groups in total. The van der Waals surface area contributed by atoms with Gasteiger partial charge in [0.1, 0.15) is 5.75 Å². The molecule has 0 saturated heterocycles. The van der Waals surface area contributed by atoms with Crippen molar-refractivity contribution in [3.05, 3.63) is 57.6 Å². The van der Waals surface area contributed by atoms with Crippen molar-refractivity contribution in [3.8, 4) is 5.75 Å². The van der Waals surface area contributed by atoms with Crippen molar-refractivity contribution in [2.75, 3.05) is 11.9 Å². The number of anilines is 1. The molecule has 0 aromatic heterocycles. The number of amides is 1. The van der Waals surface area contributed by atoms with E-state index in [4.69, 9.17) is 4.74 Å². The number of carbonyl (C=O) groups excluding carboxylic acids is 2. The molecule has 0 saturated carbocycles. The van der Waals surface area contributed by atoms with Gasteiger partial charge in [-0.2, -0.15) is 0 Å². The van der Waals surface area contributed by atoms with Gasteiger partial charge in [-0.1, -0.05) is 15.9 Å². The summed E-state index contributed by atoms with van der Waals surface area (Å²) in [6, 6.07) is 10.7. The standard InChI is InChI=1S/C18H18BrNO3/c1-11-8-15(19)9-12(2)18(11)23-10-17(22)20-16-6-4-14(5-7-16)13(3)21/h4-9H,10H2,1-3H3,(H,20,22). The van der Waals surface area contributed by atoms with Gasteiger partial charge in [-0.25, -0.2) is 0 Å². The number of rotatable bonds is 5. The second-order valence-corrected chi connectivity index (χ2v) is 6.25. The van der Waals surface area contributed by atoms with E-state index < -0.39 is 0 Å². The van der Waals surface area contributed by atoms with Crippen molar-refractivity contribution in [1.29, 1.82) is 0 Å². The Morgan fingerprint density at radius 3 is 2.17 bits per heavy atom. The largest absolute Gasteiger partial charge is 0.483 e. The molecule has 0 radical (unpaired) electrons. The number of halogens is 1. The van der Waals surface area contributed by atoms with Crippen molar-refractivity contribution >= 4 is 33.3 Å². The first-order valence-electron chi connectivity index (χ1n) is 7.17. The van der Waals surface area contributed by atoms with Gasteiger partial charge < -0.3 is 10.1 Å². The molecule has 23 heavy (non-hydrogen) atoms. The van der Waals surface area contributed by atoms with E-state index in [1.165, 1.54) is 6.92 Å². The maximum absolute atomic E-state index is 12.0. The van der Waals surface area contributed by atoms with Gasteiger partial charge in [-0.15, -0.1) is 0 Å². The molecular weight excluding hydrogens is 358 g/mol. The molecule has 2 aromatic rings. The second-order valence-electron chi connectivity index (χ2n) is 5.34. The Hall–Kier alpha value is -2.14. The van der Waals surface area contributed by atoms with Gasteiger partial charge in [-0.05, 0) is 68.3 Å². The highest BCUT2D eigenvalue weighted by Crippen LogP contribution is 2.27. The lowest BCUT2D eigenvalue weighted by Gasteiger charge is -2.13. The minimum atomic E-state index is -0.248. The van der Waals surface area contributed by atoms with Crippen LogP contribution in [0, 0.1) is 13.8 Å². The number of ketones is 1. The van der Waals surface area contributed by atoms with E-state index in [-0.39, 0.29) is 18.3 Å². The lowest BCUT2D eigenvalue weighted by molar-refractivity contribution is -0.118. The molecule has 1 amide bonds. The average molecular weight is 376 g/mol. The van der Waals surface area contributed by atoms with Crippen LogP contribution in [0.2, 0.25) is 0 Å². The summed E-state index contributed by atoms with van der Waals surface area (Å²) in [4.78, 5) is 23.2. The van der Waals surface area contributed by atoms with Crippen molar-refractivity contribution < 1.29 is 14.3 Å². The Labute approximate surface area is 144 Å². The second kappa shape index (κ2) is 7.42. The molecule has 0 aliphatic rings. The zero-order chi connectivity index (χ0) is 17.0. The van der Waals surface area contributed by atoms with Crippen LogP contribution in [0.5, 0.6) is 5.75 Å². The SMILES string of the molecule is CC(=O)c1ccc(NC(=O)COc2c(C)cc(Br)cc2C)cc1. The highest BCUT2D eigenvalue weighted by molar-refractivity contribution is 9.10. The van der Waals surface area contributed by atoms with Gasteiger partial charge in [0.05, 0.1) is 0 Å². The van der Waals surface area contributed by atoms with Crippen LogP contribution in [0.15, 0.2) is 40.9 Å². The Morgan fingerprint density at radius 1 is 1.09 bits per heavy atom. The maximum Gasteiger partial charge on any atom is 0.262 e. The first-order chi connectivity index (χ1) is 10.9. The fourth-order valence-electron chi connectivity index (χ4n) is 2.25. The van der Waals surface area contributed by atoms with Gasteiger partial charge in [0.25, 0.3) is 5.91 Å². The molecule has 4 nitrogen and oxygen atoms in total. The summed E-state index contributed by atoms with van der Waals surface area (Å²) in [5, 5.41) is 2.74. The maximum atomic E-state index is 12.0. The summed E-state index contributed by atoms with van der Waals surface area (Å²) in [6.07, 6.45) is 0. The summed E-state index contributed by atoms with van der Waals surface area (Å²) in [6.45, 7) is 5.30. The van der Waals surface area contributed by atoms with E-state index in [1.54, 1.807) is 24.3 Å². The quantitative estimate of drug-likeness (QED) is 0.793. The summed E-state index contributed by atoms with van der Waals surface area (Å²) < 4.78 is 6.61. The minimum absolute atomic E-state index is 0.00704. The van der Waals surface area contributed by atoms with Crippen molar-refractivity contribution in [3.63, 3.8) is 0 Å². The van der Waals surface area contributed by atoms with Crippen LogP contribution >= 0.6 is 15.9 Å². The fraction of sp³-hybridized carbons (Fsp3) is 0.222.